The first-order valence-corrected chi connectivity index (χ1v) is 8.17. The summed E-state index contributed by atoms with van der Waals surface area (Å²) in [6.45, 7) is 10.2. The van der Waals surface area contributed by atoms with E-state index in [0.717, 1.165) is 36.2 Å². The minimum atomic E-state index is 0.546. The Balaban J connectivity index is 0.000000461. The number of H-pyrrole nitrogens is 1. The van der Waals surface area contributed by atoms with Crippen molar-refractivity contribution in [1.29, 1.82) is 0 Å². The molecule has 0 aliphatic carbocycles. The first kappa shape index (κ1) is 16.9. The second-order valence-corrected chi connectivity index (χ2v) is 4.69. The molecule has 0 bridgehead atoms. The average Bonchev–Trinajstić information content (AvgIpc) is 2.88. The summed E-state index contributed by atoms with van der Waals surface area (Å²) in [5.74, 6) is 0. The highest BCUT2D eigenvalue weighted by Crippen LogP contribution is 2.24. The van der Waals surface area contributed by atoms with Gasteiger partial charge in [0.15, 0.2) is 4.77 Å². The Morgan fingerprint density at radius 1 is 1.05 bits per heavy atom. The lowest BCUT2D eigenvalue weighted by Crippen LogP contribution is -2.29. The summed E-state index contributed by atoms with van der Waals surface area (Å²) in [5.41, 5.74) is 2.38. The third-order valence-corrected chi connectivity index (χ3v) is 3.60. The fourth-order valence-electron chi connectivity index (χ4n) is 2.50. The molecule has 2 N–H and O–H groups in total. The number of benzene rings is 1. The number of nitrogens with zero attached hydrogens (tertiary/aromatic N) is 1. The molecule has 2 heterocycles. The average molecular weight is 293 g/mol. The van der Waals surface area contributed by atoms with E-state index in [0.29, 0.717) is 6.04 Å². The van der Waals surface area contributed by atoms with Crippen molar-refractivity contribution in [2.24, 2.45) is 0 Å². The minimum absolute atomic E-state index is 0.546. The lowest BCUT2D eigenvalue weighted by atomic mass is 10.1. The summed E-state index contributed by atoms with van der Waals surface area (Å²) in [5, 5.41) is 3.39. The van der Waals surface area contributed by atoms with E-state index in [2.05, 4.69) is 33.1 Å². The Morgan fingerprint density at radius 2 is 1.65 bits per heavy atom. The van der Waals surface area contributed by atoms with Gasteiger partial charge in [-0.1, -0.05) is 39.8 Å². The predicted octanol–water partition coefficient (Wildman–Crippen LogP) is 4.68. The number of para-hydroxylation sites is 2. The van der Waals surface area contributed by atoms with Crippen LogP contribution in [0.3, 0.4) is 0 Å². The Labute approximate surface area is 127 Å². The number of imidazole rings is 1. The van der Waals surface area contributed by atoms with Crippen molar-refractivity contribution in [1.82, 2.24) is 14.9 Å². The van der Waals surface area contributed by atoms with Crippen LogP contribution >= 0.6 is 12.2 Å². The fourth-order valence-corrected chi connectivity index (χ4v) is 2.86. The van der Waals surface area contributed by atoms with E-state index in [4.69, 9.17) is 12.2 Å². The summed E-state index contributed by atoms with van der Waals surface area (Å²) >= 11 is 5.42. The van der Waals surface area contributed by atoms with Crippen LogP contribution in [0.2, 0.25) is 0 Å². The number of rotatable bonds is 1. The van der Waals surface area contributed by atoms with E-state index in [-0.39, 0.29) is 0 Å². The number of nitrogens with one attached hydrogen (secondary N) is 2. The maximum absolute atomic E-state index is 5.42. The van der Waals surface area contributed by atoms with Crippen molar-refractivity contribution in [2.45, 2.75) is 46.6 Å². The molecule has 20 heavy (non-hydrogen) atoms. The molecule has 0 spiro atoms. The molecule has 0 amide bonds. The smallest absolute Gasteiger partial charge is 0.178 e. The van der Waals surface area contributed by atoms with Crippen molar-refractivity contribution < 1.29 is 0 Å². The Hall–Kier alpha value is -1.13. The maximum atomic E-state index is 5.42. The summed E-state index contributed by atoms with van der Waals surface area (Å²) in [7, 11) is 0. The molecule has 1 aromatic heterocycles. The van der Waals surface area contributed by atoms with Crippen molar-refractivity contribution in [3.63, 3.8) is 0 Å². The predicted molar refractivity (Wildman–Crippen MR) is 91.0 cm³/mol. The summed E-state index contributed by atoms with van der Waals surface area (Å²) in [6, 6.07) is 8.89. The van der Waals surface area contributed by atoms with Gasteiger partial charge in [0.05, 0.1) is 11.0 Å². The molecule has 4 heteroatoms. The molecule has 0 saturated carbocycles. The molecular weight excluding hydrogens is 266 g/mol. The summed E-state index contributed by atoms with van der Waals surface area (Å²) in [4.78, 5) is 3.28. The molecule has 1 fully saturated rings. The molecule has 112 valence electrons. The Bertz CT molecular complexity index is 550. The van der Waals surface area contributed by atoms with Gasteiger partial charge in [0.2, 0.25) is 0 Å². The summed E-state index contributed by atoms with van der Waals surface area (Å²) < 4.78 is 3.14. The number of hydrogen-bond acceptors (Lipinski definition) is 2. The van der Waals surface area contributed by atoms with Gasteiger partial charge in [-0.25, -0.2) is 0 Å². The third-order valence-electron chi connectivity index (χ3n) is 3.30. The molecule has 0 radical (unpaired) electrons. The van der Waals surface area contributed by atoms with Gasteiger partial charge in [-0.3, -0.25) is 0 Å². The first-order valence-electron chi connectivity index (χ1n) is 7.76. The van der Waals surface area contributed by atoms with Crippen LogP contribution in [-0.2, 0) is 0 Å². The molecule has 1 saturated heterocycles. The van der Waals surface area contributed by atoms with Crippen molar-refractivity contribution >= 4 is 23.3 Å². The zero-order valence-electron chi connectivity index (χ0n) is 13.1. The highest BCUT2D eigenvalue weighted by Gasteiger charge is 2.17. The Kier molecular flexibility index (Phi) is 7.55. The van der Waals surface area contributed by atoms with Gasteiger partial charge >= 0.3 is 0 Å². The van der Waals surface area contributed by atoms with Gasteiger partial charge in [0, 0.05) is 6.04 Å². The van der Waals surface area contributed by atoms with Crippen molar-refractivity contribution in [3.8, 4) is 0 Å². The maximum Gasteiger partial charge on any atom is 0.178 e. The molecule has 1 aliphatic rings. The largest absolute Gasteiger partial charge is 0.331 e. The van der Waals surface area contributed by atoms with Crippen LogP contribution in [0.25, 0.3) is 11.0 Å². The zero-order chi connectivity index (χ0) is 15.0. The SMILES string of the molecule is CC.CC.S=c1[nH]c2ccccc2n1C1CCNCC1. The second kappa shape index (κ2) is 8.93. The van der Waals surface area contributed by atoms with Gasteiger partial charge in [0.1, 0.15) is 0 Å². The first-order chi connectivity index (χ1) is 9.86. The number of fused-ring (bicyclic) bond motifs is 1. The van der Waals surface area contributed by atoms with Gasteiger partial charge in [-0.15, -0.1) is 0 Å². The standard InChI is InChI=1S/C12H15N3S.2C2H6/c16-12-14-10-3-1-2-4-11(10)15(12)9-5-7-13-8-6-9;2*1-2/h1-4,9,13H,5-8H2,(H,14,16);2*1-2H3. The molecule has 1 aromatic carbocycles. The van der Waals surface area contributed by atoms with Crippen LogP contribution in [0, 0.1) is 4.77 Å². The molecule has 0 atom stereocenters. The quantitative estimate of drug-likeness (QED) is 0.749. The summed E-state index contributed by atoms with van der Waals surface area (Å²) in [6.07, 6.45) is 2.33. The monoisotopic (exact) mass is 293 g/mol. The number of hydrogen-bond donors (Lipinski definition) is 2. The van der Waals surface area contributed by atoms with Crippen LogP contribution in [0.4, 0.5) is 0 Å². The van der Waals surface area contributed by atoms with E-state index in [1.54, 1.807) is 0 Å². The van der Waals surface area contributed by atoms with E-state index in [9.17, 15) is 0 Å². The highest BCUT2D eigenvalue weighted by atomic mass is 32.1. The van der Waals surface area contributed by atoms with Gasteiger partial charge < -0.3 is 14.9 Å². The van der Waals surface area contributed by atoms with Crippen LogP contribution in [-0.4, -0.2) is 22.6 Å². The van der Waals surface area contributed by atoms with Crippen LogP contribution < -0.4 is 5.32 Å². The Morgan fingerprint density at radius 3 is 2.30 bits per heavy atom. The van der Waals surface area contributed by atoms with Crippen LogP contribution in [0.15, 0.2) is 24.3 Å². The molecule has 0 unspecified atom stereocenters. The number of aromatic nitrogens is 2. The van der Waals surface area contributed by atoms with E-state index in [1.165, 1.54) is 5.52 Å². The molecule has 3 nitrogen and oxygen atoms in total. The van der Waals surface area contributed by atoms with Gasteiger partial charge in [0.25, 0.3) is 0 Å². The van der Waals surface area contributed by atoms with Gasteiger partial charge in [-0.2, -0.15) is 0 Å². The van der Waals surface area contributed by atoms with E-state index >= 15 is 0 Å². The van der Waals surface area contributed by atoms with Crippen LogP contribution in [0.5, 0.6) is 0 Å². The van der Waals surface area contributed by atoms with E-state index in [1.807, 2.05) is 33.8 Å². The van der Waals surface area contributed by atoms with E-state index < -0.39 is 0 Å². The van der Waals surface area contributed by atoms with Crippen molar-refractivity contribution in [2.75, 3.05) is 13.1 Å². The molecular formula is C16H27N3S. The topological polar surface area (TPSA) is 32.8 Å². The lowest BCUT2D eigenvalue weighted by molar-refractivity contribution is 0.372. The third kappa shape index (κ3) is 3.70. The molecule has 2 aromatic rings. The van der Waals surface area contributed by atoms with Gasteiger partial charge in [-0.05, 0) is 50.3 Å². The normalized spacial score (nSPS) is 15.0. The fraction of sp³-hybridized carbons (Fsp3) is 0.562. The molecule has 1 aliphatic heterocycles. The minimum Gasteiger partial charge on any atom is -0.331 e. The highest BCUT2D eigenvalue weighted by molar-refractivity contribution is 7.71. The number of piperidine rings is 1. The lowest BCUT2D eigenvalue weighted by Gasteiger charge is -2.24. The number of aromatic amines is 1. The molecule has 3 rings (SSSR count). The zero-order valence-corrected chi connectivity index (χ0v) is 13.9. The van der Waals surface area contributed by atoms with Crippen LogP contribution in [0.1, 0.15) is 46.6 Å². The van der Waals surface area contributed by atoms with Crippen molar-refractivity contribution in [3.05, 3.63) is 29.0 Å². The second-order valence-electron chi connectivity index (χ2n) is 4.30.